The number of anilines is 1. The molecular weight excluding hydrogens is 482 g/mol. The summed E-state index contributed by atoms with van der Waals surface area (Å²) in [5.41, 5.74) is 0.200. The lowest BCUT2D eigenvalue weighted by atomic mass is 10.0. The molecule has 0 fully saturated rings. The Labute approximate surface area is 193 Å². The van der Waals surface area contributed by atoms with Gasteiger partial charge in [-0.3, -0.25) is 4.31 Å². The molecule has 10 heteroatoms. The van der Waals surface area contributed by atoms with Gasteiger partial charge in [-0.1, -0.05) is 23.7 Å². The average Bonchev–Trinajstić information content (AvgIpc) is 2.77. The van der Waals surface area contributed by atoms with Crippen LogP contribution in [0.25, 0.3) is 0 Å². The minimum absolute atomic E-state index is 0.115. The van der Waals surface area contributed by atoms with Gasteiger partial charge in [0.1, 0.15) is 18.2 Å². The van der Waals surface area contributed by atoms with Gasteiger partial charge in [-0.15, -0.1) is 0 Å². The molecule has 0 radical (unpaired) electrons. The van der Waals surface area contributed by atoms with E-state index in [0.29, 0.717) is 35.9 Å². The highest BCUT2D eigenvalue weighted by molar-refractivity contribution is 7.92. The van der Waals surface area contributed by atoms with Gasteiger partial charge in [0.2, 0.25) is 0 Å². The van der Waals surface area contributed by atoms with Crippen LogP contribution in [0.4, 0.5) is 23.2 Å². The summed E-state index contributed by atoms with van der Waals surface area (Å²) in [4.78, 5) is -0.431. The lowest BCUT2D eigenvalue weighted by molar-refractivity contribution is -0.137. The van der Waals surface area contributed by atoms with Gasteiger partial charge in [-0.05, 0) is 66.9 Å². The fourth-order valence-corrected chi connectivity index (χ4v) is 5.47. The lowest BCUT2D eigenvalue weighted by Gasteiger charge is -2.31. The maximum absolute atomic E-state index is 14.0. The normalized spacial score (nSPS) is 14.2. The van der Waals surface area contributed by atoms with E-state index in [9.17, 15) is 26.0 Å². The lowest BCUT2D eigenvalue weighted by Crippen LogP contribution is -2.35. The predicted octanol–water partition coefficient (Wildman–Crippen LogP) is 6.22. The molecule has 4 nitrogen and oxygen atoms in total. The number of benzene rings is 3. The summed E-state index contributed by atoms with van der Waals surface area (Å²) >= 11 is 6.01. The third-order valence-corrected chi connectivity index (χ3v) is 7.48. The van der Waals surface area contributed by atoms with E-state index in [0.717, 1.165) is 22.5 Å². The molecule has 0 saturated heterocycles. The highest BCUT2D eigenvalue weighted by Crippen LogP contribution is 2.36. The van der Waals surface area contributed by atoms with Gasteiger partial charge in [-0.25, -0.2) is 12.8 Å². The summed E-state index contributed by atoms with van der Waals surface area (Å²) in [6, 6.07) is 12.7. The van der Waals surface area contributed by atoms with Crippen LogP contribution in [-0.2, 0) is 29.2 Å². The van der Waals surface area contributed by atoms with Gasteiger partial charge in [0, 0.05) is 12.1 Å². The highest BCUT2D eigenvalue weighted by Gasteiger charge is 2.34. The number of rotatable bonds is 5. The number of hydrogen-bond acceptors (Lipinski definition) is 3. The van der Waals surface area contributed by atoms with E-state index in [2.05, 4.69) is 0 Å². The summed E-state index contributed by atoms with van der Waals surface area (Å²) in [6.45, 7) is 0.0210. The third kappa shape index (κ3) is 4.79. The first-order chi connectivity index (χ1) is 15.6. The van der Waals surface area contributed by atoms with Crippen LogP contribution < -0.4 is 9.04 Å². The predicted molar refractivity (Wildman–Crippen MR) is 116 cm³/mol. The van der Waals surface area contributed by atoms with E-state index in [4.69, 9.17) is 16.3 Å². The Hall–Kier alpha value is -2.78. The molecule has 0 spiro atoms. The second kappa shape index (κ2) is 8.87. The number of sulfonamides is 1. The molecule has 0 aliphatic carbocycles. The van der Waals surface area contributed by atoms with E-state index in [1.165, 1.54) is 24.3 Å². The smallest absolute Gasteiger partial charge is 0.416 e. The van der Waals surface area contributed by atoms with Crippen LogP contribution in [0.2, 0.25) is 5.02 Å². The third-order valence-electron chi connectivity index (χ3n) is 5.32. The van der Waals surface area contributed by atoms with Gasteiger partial charge in [0.15, 0.2) is 0 Å². The van der Waals surface area contributed by atoms with Crippen LogP contribution in [0, 0.1) is 5.82 Å². The first-order valence-corrected chi connectivity index (χ1v) is 11.8. The van der Waals surface area contributed by atoms with Crippen molar-refractivity contribution in [3.63, 3.8) is 0 Å². The Bertz CT molecular complexity index is 1270. The van der Waals surface area contributed by atoms with Crippen molar-refractivity contribution in [1.29, 1.82) is 0 Å². The Morgan fingerprint density at radius 3 is 2.52 bits per heavy atom. The fourth-order valence-electron chi connectivity index (χ4n) is 3.66. The monoisotopic (exact) mass is 499 g/mol. The zero-order valence-electron chi connectivity index (χ0n) is 17.1. The van der Waals surface area contributed by atoms with E-state index in [1.54, 1.807) is 12.1 Å². The average molecular weight is 500 g/mol. The topological polar surface area (TPSA) is 46.6 Å². The maximum Gasteiger partial charge on any atom is 0.416 e. The number of alkyl halides is 3. The number of nitrogens with zero attached hydrogens (tertiary/aromatic N) is 1. The van der Waals surface area contributed by atoms with Gasteiger partial charge >= 0.3 is 6.18 Å². The van der Waals surface area contributed by atoms with Gasteiger partial charge in [-0.2, -0.15) is 13.2 Å². The summed E-state index contributed by atoms with van der Waals surface area (Å²) in [5, 5.41) is 0.228. The quantitative estimate of drug-likeness (QED) is 0.392. The largest absolute Gasteiger partial charge is 0.489 e. The Morgan fingerprint density at radius 2 is 1.79 bits per heavy atom. The van der Waals surface area contributed by atoms with E-state index >= 15 is 0 Å². The molecule has 0 amide bonds. The zero-order chi connectivity index (χ0) is 23.8. The molecule has 0 atom stereocenters. The number of ether oxygens (including phenoxy) is 1. The van der Waals surface area contributed by atoms with Crippen molar-refractivity contribution in [3.05, 3.63) is 88.2 Å². The van der Waals surface area contributed by atoms with Crippen molar-refractivity contribution in [1.82, 2.24) is 0 Å². The van der Waals surface area contributed by atoms with Crippen LogP contribution in [0.15, 0.2) is 65.6 Å². The van der Waals surface area contributed by atoms with E-state index < -0.39 is 32.5 Å². The summed E-state index contributed by atoms with van der Waals surface area (Å²) < 4.78 is 86.3. The van der Waals surface area contributed by atoms with Crippen LogP contribution in [0.5, 0.6) is 5.75 Å². The molecule has 3 aromatic carbocycles. The molecule has 1 aliphatic heterocycles. The molecule has 4 rings (SSSR count). The molecule has 3 aromatic rings. The molecule has 33 heavy (non-hydrogen) atoms. The second-order valence-electron chi connectivity index (χ2n) is 7.49. The molecule has 0 aromatic heterocycles. The van der Waals surface area contributed by atoms with Crippen molar-refractivity contribution < 1.29 is 30.7 Å². The number of aryl methyl sites for hydroxylation is 1. The standard InChI is InChI=1S/C23H18ClF4NO3S/c24-20-7-2-8-21(25)19(20)14-32-17-9-10-22-15(12-17)4-3-11-29(22)33(30,31)18-6-1-5-16(13-18)23(26,27)28/h1-2,5-10,12-13H,3-4,11,14H2. The summed E-state index contributed by atoms with van der Waals surface area (Å²) in [5.74, 6) is -0.106. The molecule has 0 N–H and O–H groups in total. The van der Waals surface area contributed by atoms with E-state index in [1.807, 2.05) is 0 Å². The Balaban J connectivity index is 1.61. The maximum atomic E-state index is 14.0. The number of halogens is 5. The number of fused-ring (bicyclic) bond motifs is 1. The van der Waals surface area contributed by atoms with Crippen molar-refractivity contribution in [3.8, 4) is 5.75 Å². The second-order valence-corrected chi connectivity index (χ2v) is 9.76. The van der Waals surface area contributed by atoms with Crippen molar-refractivity contribution in [2.75, 3.05) is 10.8 Å². The summed E-state index contributed by atoms with van der Waals surface area (Å²) in [6.07, 6.45) is -3.62. The number of hydrogen-bond donors (Lipinski definition) is 0. The fraction of sp³-hybridized carbons (Fsp3) is 0.217. The van der Waals surface area contributed by atoms with Gasteiger partial charge in [0.25, 0.3) is 10.0 Å². The van der Waals surface area contributed by atoms with Crippen LogP contribution >= 0.6 is 11.6 Å². The van der Waals surface area contributed by atoms with Crippen LogP contribution in [-0.4, -0.2) is 15.0 Å². The molecule has 1 heterocycles. The molecule has 0 saturated carbocycles. The SMILES string of the molecule is O=S(=O)(c1cccc(C(F)(F)F)c1)N1CCCc2cc(OCc3c(F)cccc3Cl)ccc21. The van der Waals surface area contributed by atoms with Gasteiger partial charge < -0.3 is 4.74 Å². The molecule has 0 unspecified atom stereocenters. The highest BCUT2D eigenvalue weighted by atomic mass is 35.5. The van der Waals surface area contributed by atoms with Crippen molar-refractivity contribution >= 4 is 27.3 Å². The molecule has 174 valence electrons. The van der Waals surface area contributed by atoms with Crippen molar-refractivity contribution in [2.24, 2.45) is 0 Å². The van der Waals surface area contributed by atoms with Crippen LogP contribution in [0.3, 0.4) is 0 Å². The summed E-state index contributed by atoms with van der Waals surface area (Å²) in [7, 11) is -4.21. The first kappa shape index (κ1) is 23.4. The molecule has 0 bridgehead atoms. The van der Waals surface area contributed by atoms with Crippen LogP contribution in [0.1, 0.15) is 23.1 Å². The van der Waals surface area contributed by atoms with E-state index in [-0.39, 0.29) is 23.7 Å². The Morgan fingerprint density at radius 1 is 1.03 bits per heavy atom. The first-order valence-electron chi connectivity index (χ1n) is 9.96. The molecular formula is C23H18ClF4NO3S. The Kier molecular flexibility index (Phi) is 6.28. The van der Waals surface area contributed by atoms with Crippen molar-refractivity contribution in [2.45, 2.75) is 30.5 Å². The zero-order valence-corrected chi connectivity index (χ0v) is 18.6. The minimum Gasteiger partial charge on any atom is -0.489 e. The van der Waals surface area contributed by atoms with Gasteiger partial charge in [0.05, 0.1) is 21.2 Å². The molecule has 1 aliphatic rings. The minimum atomic E-state index is -4.65.